The van der Waals surface area contributed by atoms with E-state index in [1.54, 1.807) is 75.6 Å². The molecule has 1 saturated heterocycles. The Morgan fingerprint density at radius 1 is 0.836 bits per heavy atom. The first kappa shape index (κ1) is 40.9. The van der Waals surface area contributed by atoms with E-state index in [1.807, 2.05) is 48.5 Å². The predicted octanol–water partition coefficient (Wildman–Crippen LogP) is 8.21. The van der Waals surface area contributed by atoms with Crippen LogP contribution in [0.1, 0.15) is 65.3 Å². The second kappa shape index (κ2) is 16.6. The number of hydrogen-bond acceptors (Lipinski definition) is 9. The second-order valence-corrected chi connectivity index (χ2v) is 17.4. The molecule has 13 nitrogen and oxygen atoms in total. The van der Waals surface area contributed by atoms with Gasteiger partial charge in [0.05, 0.1) is 29.6 Å². The Bertz CT molecular complexity index is 2730. The Kier molecular flexibility index (Phi) is 11.1. The van der Waals surface area contributed by atoms with Crippen molar-refractivity contribution in [1.29, 1.82) is 0 Å². The first-order chi connectivity index (χ1) is 29.3. The number of hydrogen-bond donors (Lipinski definition) is 5. The topological polar surface area (TPSA) is 183 Å². The Hall–Kier alpha value is -6.90. The van der Waals surface area contributed by atoms with Gasteiger partial charge in [0.1, 0.15) is 16.8 Å². The lowest BCUT2D eigenvalue weighted by molar-refractivity contribution is -0.112. The lowest BCUT2D eigenvalue weighted by Crippen LogP contribution is -2.38. The Labute approximate surface area is 354 Å². The van der Waals surface area contributed by atoms with E-state index < -0.39 is 39.0 Å². The molecule has 8 rings (SSSR count). The molecule has 0 saturated carbocycles. The fraction of sp³-hybridized carbons (Fsp3) is 0.213. The van der Waals surface area contributed by atoms with Crippen LogP contribution in [-0.4, -0.2) is 56.5 Å². The first-order valence-electron chi connectivity index (χ1n) is 20.0. The van der Waals surface area contributed by atoms with E-state index in [1.165, 1.54) is 12.1 Å². The highest BCUT2D eigenvalue weighted by molar-refractivity contribution is 7.93. The average molecular weight is 839 g/mol. The third kappa shape index (κ3) is 7.95. The molecule has 3 heterocycles. The molecule has 0 aliphatic carbocycles. The van der Waals surface area contributed by atoms with Crippen molar-refractivity contribution in [3.63, 3.8) is 0 Å². The van der Waals surface area contributed by atoms with Crippen molar-refractivity contribution in [3.8, 4) is 5.75 Å². The highest BCUT2D eigenvalue weighted by atomic mass is 32.2. The molecule has 1 unspecified atom stereocenters. The molecule has 5 aromatic rings. The summed E-state index contributed by atoms with van der Waals surface area (Å²) in [7, 11) is -2.62. The maximum Gasteiger partial charge on any atom is 0.326 e. The lowest BCUT2D eigenvalue weighted by atomic mass is 9.95. The van der Waals surface area contributed by atoms with Crippen LogP contribution in [-0.2, 0) is 26.2 Å². The number of ether oxygens (including phenoxy) is 1. The van der Waals surface area contributed by atoms with Crippen LogP contribution >= 0.6 is 0 Å². The monoisotopic (exact) mass is 838 g/mol. The summed E-state index contributed by atoms with van der Waals surface area (Å²) in [6.45, 7) is 6.34. The standard InChI is InChI=1S/C47H46N6O7S/c1-28(2)44(61(58,59)51-34-19-20-37-35(25-34)41(45(55)50-37)43(54)30-14-8-5-9-15-30)31-17-21-38-36(24-31)40(46(56)53(38)47(48)57)42(29-12-6-4-7-13-29)49-33-18-16-32(39(26-33)60-3)27-52-22-10-11-23-52/h4-9,12-21,24-26,28,44,49,51,54H,10-11,22-23,27H2,1-3H3,(H2,48,57)(H,50,55)/b42-40-,43-41-. The number of likely N-dealkylation sites (tertiary alicyclic amines) is 1. The second-order valence-electron chi connectivity index (χ2n) is 15.6. The molecule has 5 aromatic carbocycles. The number of nitrogens with two attached hydrogens (primary N) is 1. The molecule has 61 heavy (non-hydrogen) atoms. The van der Waals surface area contributed by atoms with Crippen LogP contribution in [0, 0.1) is 5.92 Å². The number of urea groups is 1. The summed E-state index contributed by atoms with van der Waals surface area (Å²) in [4.78, 5) is 43.7. The van der Waals surface area contributed by atoms with Gasteiger partial charge in [-0.3, -0.25) is 19.2 Å². The highest BCUT2D eigenvalue weighted by Crippen LogP contribution is 2.45. The van der Waals surface area contributed by atoms with Gasteiger partial charge in [-0.2, -0.15) is 0 Å². The molecular weight excluding hydrogens is 793 g/mol. The molecule has 0 bridgehead atoms. The number of fused-ring (bicyclic) bond motifs is 2. The largest absolute Gasteiger partial charge is 0.506 e. The summed E-state index contributed by atoms with van der Waals surface area (Å²) in [5.74, 6) is -1.24. The van der Waals surface area contributed by atoms with Crippen molar-refractivity contribution in [3.05, 3.63) is 149 Å². The van der Waals surface area contributed by atoms with E-state index in [0.717, 1.165) is 42.9 Å². The van der Waals surface area contributed by atoms with E-state index in [0.29, 0.717) is 50.6 Å². The first-order valence-corrected chi connectivity index (χ1v) is 21.6. The number of benzene rings is 5. The molecule has 1 fully saturated rings. The summed E-state index contributed by atoms with van der Waals surface area (Å²) >= 11 is 0. The van der Waals surface area contributed by atoms with Gasteiger partial charge in [0, 0.05) is 51.9 Å². The van der Waals surface area contributed by atoms with Crippen molar-refractivity contribution in [2.75, 3.05) is 40.5 Å². The molecule has 4 amide bonds. The number of methoxy groups -OCH3 is 1. The van der Waals surface area contributed by atoms with Crippen LogP contribution in [0.25, 0.3) is 22.6 Å². The van der Waals surface area contributed by atoms with E-state index in [4.69, 9.17) is 10.5 Å². The number of primary amides is 1. The SMILES string of the molecule is COc1cc(N/C(=C2\C(=O)N(C(N)=O)c3ccc(C(C(C)C)S(=O)(=O)Nc4ccc5c(c4)/C(=C(/O)c4ccccc4)C(=O)N5)cc32)c2ccccc2)ccc1CN1CCCC1. The van der Waals surface area contributed by atoms with Crippen LogP contribution in [0.3, 0.4) is 0 Å². The van der Waals surface area contributed by atoms with Crippen LogP contribution in [0.2, 0.25) is 0 Å². The zero-order valence-corrected chi connectivity index (χ0v) is 34.8. The van der Waals surface area contributed by atoms with E-state index in [2.05, 4.69) is 20.3 Å². The molecule has 3 aliphatic rings. The van der Waals surface area contributed by atoms with E-state index in [-0.39, 0.29) is 28.3 Å². The molecule has 1 atom stereocenters. The summed E-state index contributed by atoms with van der Waals surface area (Å²) in [5.41, 5.74) is 10.9. The van der Waals surface area contributed by atoms with E-state index in [9.17, 15) is 27.9 Å². The minimum absolute atomic E-state index is 0.0172. The van der Waals surface area contributed by atoms with Gasteiger partial charge < -0.3 is 26.2 Å². The summed E-state index contributed by atoms with van der Waals surface area (Å²) in [5, 5.41) is 16.2. The number of sulfonamides is 1. The van der Waals surface area contributed by atoms with Gasteiger partial charge in [-0.15, -0.1) is 0 Å². The highest BCUT2D eigenvalue weighted by Gasteiger charge is 2.40. The number of carbonyl (C=O) groups is 3. The maximum absolute atomic E-state index is 14.5. The van der Waals surface area contributed by atoms with Gasteiger partial charge in [-0.05, 0) is 79.4 Å². The van der Waals surface area contributed by atoms with Gasteiger partial charge in [-0.1, -0.05) is 86.6 Å². The zero-order valence-electron chi connectivity index (χ0n) is 33.9. The van der Waals surface area contributed by atoms with Gasteiger partial charge in [0.25, 0.3) is 11.8 Å². The molecule has 14 heteroatoms. The minimum Gasteiger partial charge on any atom is -0.506 e. The molecule has 312 valence electrons. The molecule has 3 aliphatic heterocycles. The number of rotatable bonds is 12. The quantitative estimate of drug-likeness (QED) is 0.0611. The number of aliphatic hydroxyl groups excluding tert-OH is 1. The number of nitrogens with zero attached hydrogens (tertiary/aromatic N) is 2. The average Bonchev–Trinajstić information content (AvgIpc) is 3.95. The molecule has 6 N–H and O–H groups in total. The Balaban J connectivity index is 1.19. The van der Waals surface area contributed by atoms with Crippen LogP contribution in [0.15, 0.2) is 115 Å². The number of anilines is 4. The molecule has 0 radical (unpaired) electrons. The number of imide groups is 1. The van der Waals surface area contributed by atoms with Crippen molar-refractivity contribution in [2.24, 2.45) is 11.7 Å². The van der Waals surface area contributed by atoms with Gasteiger partial charge in [-0.25, -0.2) is 18.1 Å². The fourth-order valence-electron chi connectivity index (χ4n) is 8.44. The summed E-state index contributed by atoms with van der Waals surface area (Å²) in [6, 6.07) is 32.0. The predicted molar refractivity (Wildman–Crippen MR) is 239 cm³/mol. The van der Waals surface area contributed by atoms with Crippen molar-refractivity contribution in [2.45, 2.75) is 38.5 Å². The third-order valence-corrected chi connectivity index (χ3v) is 13.2. The summed E-state index contributed by atoms with van der Waals surface area (Å²) in [6.07, 6.45) is 2.32. The van der Waals surface area contributed by atoms with Gasteiger partial charge >= 0.3 is 6.03 Å². The van der Waals surface area contributed by atoms with Crippen LogP contribution < -0.4 is 30.7 Å². The normalized spacial score (nSPS) is 17.1. The number of amides is 4. The zero-order chi connectivity index (χ0) is 43.0. The Morgan fingerprint density at radius 3 is 2.16 bits per heavy atom. The Morgan fingerprint density at radius 2 is 1.51 bits per heavy atom. The van der Waals surface area contributed by atoms with Crippen LogP contribution in [0.4, 0.5) is 27.5 Å². The fourth-order valence-corrected chi connectivity index (χ4v) is 10.2. The molecular formula is C47H46N6O7S. The number of aliphatic hydroxyl groups is 1. The molecule has 0 aromatic heterocycles. The number of carbonyl (C=O) groups excluding carboxylic acids is 3. The van der Waals surface area contributed by atoms with Gasteiger partial charge in [0.2, 0.25) is 10.0 Å². The van der Waals surface area contributed by atoms with E-state index >= 15 is 0 Å². The smallest absolute Gasteiger partial charge is 0.326 e. The summed E-state index contributed by atoms with van der Waals surface area (Å²) < 4.78 is 37.6. The maximum atomic E-state index is 14.5. The lowest BCUT2D eigenvalue weighted by Gasteiger charge is -2.24. The third-order valence-electron chi connectivity index (χ3n) is 11.2. The van der Waals surface area contributed by atoms with Gasteiger partial charge in [0.15, 0.2) is 0 Å². The van der Waals surface area contributed by atoms with Crippen molar-refractivity contribution >= 4 is 73.2 Å². The minimum atomic E-state index is -4.24. The number of nitrogens with one attached hydrogen (secondary N) is 3. The molecule has 0 spiro atoms. The van der Waals surface area contributed by atoms with Crippen molar-refractivity contribution in [1.82, 2.24) is 4.90 Å². The van der Waals surface area contributed by atoms with Crippen molar-refractivity contribution < 1.29 is 32.6 Å². The van der Waals surface area contributed by atoms with Crippen LogP contribution in [0.5, 0.6) is 5.75 Å².